The van der Waals surface area contributed by atoms with Crippen molar-refractivity contribution in [2.75, 3.05) is 23.9 Å². The molecule has 16 heavy (non-hydrogen) atoms. The molecule has 0 aliphatic rings. The highest BCUT2D eigenvalue weighted by molar-refractivity contribution is 6.18. The Balaban J connectivity index is 2.78. The van der Waals surface area contributed by atoms with Crippen LogP contribution in [-0.4, -0.2) is 34.2 Å². The van der Waals surface area contributed by atoms with Gasteiger partial charge in [0.05, 0.1) is 11.4 Å². The number of nitrogens with zero attached hydrogens (tertiary/aromatic N) is 4. The minimum absolute atomic E-state index is 0.583. The maximum absolute atomic E-state index is 5.78. The molecule has 4 nitrogen and oxygen atoms in total. The number of alkyl halides is 1. The van der Waals surface area contributed by atoms with E-state index in [0.717, 1.165) is 37.3 Å². The summed E-state index contributed by atoms with van der Waals surface area (Å²) in [7, 11) is 0. The van der Waals surface area contributed by atoms with Crippen molar-refractivity contribution in [2.45, 2.75) is 33.6 Å². The van der Waals surface area contributed by atoms with Crippen LogP contribution in [0.2, 0.25) is 0 Å². The Morgan fingerprint density at radius 2 is 1.88 bits per heavy atom. The number of hydrogen-bond acceptors (Lipinski definition) is 4. The smallest absolute Gasteiger partial charge is 0.245 e. The van der Waals surface area contributed by atoms with Gasteiger partial charge in [-0.3, -0.25) is 0 Å². The summed E-state index contributed by atoms with van der Waals surface area (Å²) in [5.74, 6) is 1.28. The third-order valence-corrected chi connectivity index (χ3v) is 2.67. The minimum Gasteiger partial charge on any atom is -0.338 e. The van der Waals surface area contributed by atoms with Gasteiger partial charge in [0.15, 0.2) is 0 Å². The lowest BCUT2D eigenvalue weighted by Gasteiger charge is -2.21. The molecule has 0 unspecified atom stereocenters. The lowest BCUT2D eigenvalue weighted by atomic mass is 10.3. The lowest BCUT2D eigenvalue weighted by molar-refractivity contribution is 0.700. The molecule has 1 aromatic heterocycles. The van der Waals surface area contributed by atoms with Gasteiger partial charge in [-0.2, -0.15) is 5.10 Å². The van der Waals surface area contributed by atoms with Crippen LogP contribution in [0.5, 0.6) is 0 Å². The van der Waals surface area contributed by atoms with Gasteiger partial charge in [-0.05, 0) is 20.3 Å². The molecule has 1 heterocycles. The van der Waals surface area contributed by atoms with E-state index in [2.05, 4.69) is 27.0 Å². The second-order valence-corrected chi connectivity index (χ2v) is 4.19. The summed E-state index contributed by atoms with van der Waals surface area (Å²) in [4.78, 5) is 6.53. The molecule has 0 atom stereocenters. The molecule has 0 saturated carbocycles. The number of rotatable bonds is 6. The van der Waals surface area contributed by atoms with Gasteiger partial charge >= 0.3 is 0 Å². The zero-order chi connectivity index (χ0) is 12.0. The maximum Gasteiger partial charge on any atom is 0.245 e. The Morgan fingerprint density at radius 1 is 1.12 bits per heavy atom. The SMILES string of the molecule is CCCCN(CCCl)c1nnc(C)c(C)n1. The summed E-state index contributed by atoms with van der Waals surface area (Å²) < 4.78 is 0. The van der Waals surface area contributed by atoms with E-state index >= 15 is 0 Å². The molecule has 90 valence electrons. The van der Waals surface area contributed by atoms with E-state index in [1.54, 1.807) is 0 Å². The summed E-state index contributed by atoms with van der Waals surface area (Å²) in [5.41, 5.74) is 1.81. The fourth-order valence-corrected chi connectivity index (χ4v) is 1.55. The van der Waals surface area contributed by atoms with Crippen LogP contribution in [0.15, 0.2) is 0 Å². The molecule has 0 bridgehead atoms. The molecular weight excluding hydrogens is 224 g/mol. The molecule has 0 fully saturated rings. The van der Waals surface area contributed by atoms with Crippen molar-refractivity contribution in [3.8, 4) is 0 Å². The van der Waals surface area contributed by atoms with Crippen molar-refractivity contribution in [1.29, 1.82) is 0 Å². The predicted octanol–water partition coefficient (Wildman–Crippen LogP) is 2.33. The van der Waals surface area contributed by atoms with Crippen LogP contribution >= 0.6 is 11.6 Å². The molecule has 0 aromatic carbocycles. The first kappa shape index (κ1) is 13.2. The quantitative estimate of drug-likeness (QED) is 0.718. The Labute approximate surface area is 102 Å². The minimum atomic E-state index is 0.583. The topological polar surface area (TPSA) is 41.9 Å². The second-order valence-electron chi connectivity index (χ2n) is 3.81. The summed E-state index contributed by atoms with van der Waals surface area (Å²) in [6.07, 6.45) is 2.27. The molecule has 0 aliphatic carbocycles. The van der Waals surface area contributed by atoms with Crippen LogP contribution < -0.4 is 4.90 Å². The standard InChI is InChI=1S/C11H19ClN4/c1-4-5-7-16(8-6-12)11-13-9(2)10(3)14-15-11/h4-8H2,1-3H3. The average molecular weight is 243 g/mol. The number of aromatic nitrogens is 3. The van der Waals surface area contributed by atoms with Crippen molar-refractivity contribution < 1.29 is 0 Å². The first-order chi connectivity index (χ1) is 7.69. The molecule has 0 amide bonds. The van der Waals surface area contributed by atoms with E-state index in [4.69, 9.17) is 11.6 Å². The highest BCUT2D eigenvalue weighted by Gasteiger charge is 2.10. The van der Waals surface area contributed by atoms with Gasteiger partial charge in [-0.15, -0.1) is 16.7 Å². The van der Waals surface area contributed by atoms with E-state index in [9.17, 15) is 0 Å². The lowest BCUT2D eigenvalue weighted by Crippen LogP contribution is -2.29. The van der Waals surface area contributed by atoms with E-state index < -0.39 is 0 Å². The number of unbranched alkanes of at least 4 members (excludes halogenated alkanes) is 1. The van der Waals surface area contributed by atoms with Gasteiger partial charge in [0.2, 0.25) is 5.95 Å². The molecule has 1 aromatic rings. The van der Waals surface area contributed by atoms with Crippen LogP contribution in [0.4, 0.5) is 5.95 Å². The van der Waals surface area contributed by atoms with Crippen LogP contribution in [0, 0.1) is 13.8 Å². The zero-order valence-corrected chi connectivity index (χ0v) is 11.0. The van der Waals surface area contributed by atoms with Gasteiger partial charge in [-0.1, -0.05) is 13.3 Å². The van der Waals surface area contributed by atoms with Crippen molar-refractivity contribution in [3.05, 3.63) is 11.4 Å². The molecule has 0 saturated heterocycles. The first-order valence-corrected chi connectivity index (χ1v) is 6.21. The summed E-state index contributed by atoms with van der Waals surface area (Å²) in [6, 6.07) is 0. The highest BCUT2D eigenvalue weighted by Crippen LogP contribution is 2.09. The summed E-state index contributed by atoms with van der Waals surface area (Å²) >= 11 is 5.78. The molecule has 5 heteroatoms. The summed E-state index contributed by atoms with van der Waals surface area (Å²) in [5, 5.41) is 8.21. The molecular formula is C11H19ClN4. The van der Waals surface area contributed by atoms with Crippen molar-refractivity contribution in [1.82, 2.24) is 15.2 Å². The molecule has 1 rings (SSSR count). The second kappa shape index (κ2) is 6.63. The fourth-order valence-electron chi connectivity index (χ4n) is 1.34. The molecule has 0 radical (unpaired) electrons. The Kier molecular flexibility index (Phi) is 5.46. The zero-order valence-electron chi connectivity index (χ0n) is 10.2. The average Bonchev–Trinajstić information content (AvgIpc) is 2.28. The van der Waals surface area contributed by atoms with Crippen LogP contribution in [-0.2, 0) is 0 Å². The van der Waals surface area contributed by atoms with E-state index in [1.807, 2.05) is 13.8 Å². The number of aryl methyl sites for hydroxylation is 2. The summed E-state index contributed by atoms with van der Waals surface area (Å²) in [6.45, 7) is 7.74. The van der Waals surface area contributed by atoms with Gasteiger partial charge in [0.1, 0.15) is 0 Å². The number of anilines is 1. The predicted molar refractivity (Wildman–Crippen MR) is 67.1 cm³/mol. The van der Waals surface area contributed by atoms with Crippen LogP contribution in [0.3, 0.4) is 0 Å². The van der Waals surface area contributed by atoms with Crippen molar-refractivity contribution in [3.63, 3.8) is 0 Å². The maximum atomic E-state index is 5.78. The van der Waals surface area contributed by atoms with Crippen LogP contribution in [0.1, 0.15) is 31.2 Å². The van der Waals surface area contributed by atoms with Gasteiger partial charge < -0.3 is 4.90 Å². The first-order valence-electron chi connectivity index (χ1n) is 5.67. The monoisotopic (exact) mass is 242 g/mol. The molecule has 0 spiro atoms. The van der Waals surface area contributed by atoms with Crippen molar-refractivity contribution >= 4 is 17.5 Å². The Morgan fingerprint density at radius 3 is 2.44 bits per heavy atom. The Bertz CT molecular complexity index is 330. The normalized spacial score (nSPS) is 10.5. The van der Waals surface area contributed by atoms with E-state index in [0.29, 0.717) is 11.8 Å². The molecule has 0 N–H and O–H groups in total. The van der Waals surface area contributed by atoms with E-state index in [1.165, 1.54) is 0 Å². The van der Waals surface area contributed by atoms with Crippen LogP contribution in [0.25, 0.3) is 0 Å². The largest absolute Gasteiger partial charge is 0.338 e. The number of halogens is 1. The van der Waals surface area contributed by atoms with Gasteiger partial charge in [0.25, 0.3) is 0 Å². The van der Waals surface area contributed by atoms with E-state index in [-0.39, 0.29) is 0 Å². The van der Waals surface area contributed by atoms with Gasteiger partial charge in [-0.25, -0.2) is 4.98 Å². The van der Waals surface area contributed by atoms with Crippen molar-refractivity contribution in [2.24, 2.45) is 0 Å². The van der Waals surface area contributed by atoms with Gasteiger partial charge in [0, 0.05) is 19.0 Å². The fraction of sp³-hybridized carbons (Fsp3) is 0.727. The third kappa shape index (κ3) is 3.59. The third-order valence-electron chi connectivity index (χ3n) is 2.50. The number of hydrogen-bond donors (Lipinski definition) is 0. The Hall–Kier alpha value is -0.900. The molecule has 0 aliphatic heterocycles. The highest BCUT2D eigenvalue weighted by atomic mass is 35.5.